The van der Waals surface area contributed by atoms with Gasteiger partial charge in [-0.05, 0) is 36.5 Å². The Morgan fingerprint density at radius 3 is 2.51 bits per heavy atom. The fourth-order valence-corrected chi connectivity index (χ4v) is 5.51. The Morgan fingerprint density at radius 1 is 1.14 bits per heavy atom. The van der Waals surface area contributed by atoms with Gasteiger partial charge in [0.05, 0.1) is 21.5 Å². The third-order valence-electron chi connectivity index (χ3n) is 5.35. The van der Waals surface area contributed by atoms with Gasteiger partial charge in [-0.1, -0.05) is 27.7 Å². The first kappa shape index (κ1) is 28.6. The molecule has 0 fully saturated rings. The Kier molecular flexibility index (Phi) is 10.1. The lowest BCUT2D eigenvalue weighted by Gasteiger charge is -2.30. The Morgan fingerprint density at radius 2 is 1.86 bits per heavy atom. The summed E-state index contributed by atoms with van der Waals surface area (Å²) >= 11 is 1.37. The third kappa shape index (κ3) is 8.54. The molecule has 12 heteroatoms. The van der Waals surface area contributed by atoms with Crippen molar-refractivity contribution >= 4 is 44.3 Å². The summed E-state index contributed by atoms with van der Waals surface area (Å²) in [6, 6.07) is 5.19. The second-order valence-corrected chi connectivity index (χ2v) is 12.3. The highest BCUT2D eigenvalue weighted by molar-refractivity contribution is 7.89. The molecule has 1 aromatic carbocycles. The first-order valence-corrected chi connectivity index (χ1v) is 14.5. The van der Waals surface area contributed by atoms with Crippen LogP contribution in [0.2, 0.25) is 0 Å². The molecule has 3 rings (SSSR count). The number of hydrogen-bond donors (Lipinski definition) is 2. The van der Waals surface area contributed by atoms with E-state index in [1.165, 1.54) is 29.7 Å². The largest absolute Gasteiger partial charge is 0.464 e. The molecule has 2 aromatic heterocycles. The zero-order valence-electron chi connectivity index (χ0n) is 21.5. The summed E-state index contributed by atoms with van der Waals surface area (Å²) in [5, 5.41) is 3.37. The maximum atomic E-state index is 13.6. The minimum absolute atomic E-state index is 0.0102. The van der Waals surface area contributed by atoms with Crippen molar-refractivity contribution in [1.82, 2.24) is 19.9 Å². The van der Waals surface area contributed by atoms with E-state index in [0.29, 0.717) is 18.7 Å². The van der Waals surface area contributed by atoms with Crippen molar-refractivity contribution in [3.63, 3.8) is 0 Å². The molecule has 3 aromatic rings. The molecule has 2 amide bonds. The van der Waals surface area contributed by atoms with Crippen LogP contribution in [-0.2, 0) is 26.2 Å². The van der Waals surface area contributed by atoms with E-state index in [-0.39, 0.29) is 42.2 Å². The number of carbonyl (C=O) groups excluding carboxylic acids is 2. The van der Waals surface area contributed by atoms with Gasteiger partial charge in [0.15, 0.2) is 0 Å². The zero-order chi connectivity index (χ0) is 27.0. The smallest absolute Gasteiger partial charge is 0.407 e. The minimum Gasteiger partial charge on any atom is -0.464 e. The van der Waals surface area contributed by atoms with Gasteiger partial charge in [0.1, 0.15) is 18.2 Å². The van der Waals surface area contributed by atoms with Crippen LogP contribution in [0.1, 0.15) is 39.0 Å². The molecular formula is C25H34N4O6S2. The fraction of sp³-hybridized carbons (Fsp3) is 0.480. The van der Waals surface area contributed by atoms with Gasteiger partial charge in [0.2, 0.25) is 15.9 Å². The van der Waals surface area contributed by atoms with Crippen molar-refractivity contribution in [2.75, 3.05) is 19.6 Å². The van der Waals surface area contributed by atoms with Gasteiger partial charge in [-0.15, -0.1) is 11.3 Å². The third-order valence-corrected chi connectivity index (χ3v) is 7.57. The molecule has 37 heavy (non-hydrogen) atoms. The summed E-state index contributed by atoms with van der Waals surface area (Å²) in [6.07, 6.45) is 2.48. The molecule has 2 N–H and O–H groups in total. The molecular weight excluding hydrogens is 516 g/mol. The van der Waals surface area contributed by atoms with Crippen molar-refractivity contribution in [2.45, 2.75) is 51.7 Å². The lowest BCUT2D eigenvalue weighted by molar-refractivity contribution is -0.134. The number of ether oxygens (including phenoxy) is 1. The monoisotopic (exact) mass is 550 g/mol. The minimum atomic E-state index is -4.06. The molecule has 0 aliphatic carbocycles. The highest BCUT2D eigenvalue weighted by Crippen LogP contribution is 2.21. The lowest BCUT2D eigenvalue weighted by Crippen LogP contribution is -2.51. The average molecular weight is 551 g/mol. The van der Waals surface area contributed by atoms with Crippen molar-refractivity contribution in [3.05, 3.63) is 47.1 Å². The molecule has 0 aliphatic rings. The zero-order valence-corrected chi connectivity index (χ0v) is 23.1. The van der Waals surface area contributed by atoms with E-state index in [1.54, 1.807) is 28.7 Å². The van der Waals surface area contributed by atoms with Gasteiger partial charge >= 0.3 is 6.09 Å². The number of thiazole rings is 1. The van der Waals surface area contributed by atoms with E-state index in [4.69, 9.17) is 9.15 Å². The van der Waals surface area contributed by atoms with Crippen LogP contribution in [0.25, 0.3) is 11.0 Å². The summed E-state index contributed by atoms with van der Waals surface area (Å²) in [6.45, 7) is 9.08. The van der Waals surface area contributed by atoms with E-state index >= 15 is 0 Å². The van der Waals surface area contributed by atoms with Crippen LogP contribution in [0, 0.1) is 11.8 Å². The summed E-state index contributed by atoms with van der Waals surface area (Å²) in [4.78, 5) is 32.1. The normalized spacial score (nSPS) is 12.7. The molecule has 10 nitrogen and oxygen atoms in total. The van der Waals surface area contributed by atoms with E-state index in [0.717, 1.165) is 10.3 Å². The maximum absolute atomic E-state index is 13.6. The molecule has 0 radical (unpaired) electrons. The predicted molar refractivity (Wildman–Crippen MR) is 141 cm³/mol. The van der Waals surface area contributed by atoms with Gasteiger partial charge < -0.3 is 19.4 Å². The first-order chi connectivity index (χ1) is 17.5. The number of sulfonamides is 1. The van der Waals surface area contributed by atoms with Crippen LogP contribution < -0.4 is 10.0 Å². The van der Waals surface area contributed by atoms with Gasteiger partial charge in [0, 0.05) is 37.3 Å². The molecule has 0 bridgehead atoms. The molecule has 1 atom stereocenters. The van der Waals surface area contributed by atoms with Gasteiger partial charge in [0.25, 0.3) is 0 Å². The highest BCUT2D eigenvalue weighted by Gasteiger charge is 2.30. The Labute approximate surface area is 221 Å². The average Bonchev–Trinajstić information content (AvgIpc) is 3.52. The summed E-state index contributed by atoms with van der Waals surface area (Å²) < 4.78 is 39.6. The number of nitrogens with zero attached hydrogens (tertiary/aromatic N) is 2. The van der Waals surface area contributed by atoms with Crippen LogP contribution in [0.5, 0.6) is 0 Å². The maximum Gasteiger partial charge on any atom is 0.407 e. The van der Waals surface area contributed by atoms with E-state index in [1.807, 2.05) is 27.7 Å². The number of carbonyl (C=O) groups is 2. The molecule has 0 spiro atoms. The number of alkyl carbamates (subject to hydrolysis) is 1. The van der Waals surface area contributed by atoms with Crippen molar-refractivity contribution in [1.29, 1.82) is 0 Å². The number of nitrogens with one attached hydrogen (secondary N) is 2. The number of fused-ring (bicyclic) bond motifs is 1. The van der Waals surface area contributed by atoms with Crippen molar-refractivity contribution in [2.24, 2.45) is 11.8 Å². The van der Waals surface area contributed by atoms with Crippen LogP contribution in [0.15, 0.2) is 51.5 Å². The number of furan rings is 1. The van der Waals surface area contributed by atoms with Crippen LogP contribution >= 0.6 is 11.3 Å². The quantitative estimate of drug-likeness (QED) is 0.329. The standard InChI is InChI=1S/C25H34N4O6S2/c1-17(2)13-29(14-18(3)4)24(30)22(7-9-27-25(31)35-15-20-12-26-16-36-20)28-37(32,33)21-6-5-19-8-10-34-23(19)11-21/h5-6,8,10-12,16-18,22,28H,7,9,13-15H2,1-4H3,(H,27,31)/t22-/m0/s1. The summed E-state index contributed by atoms with van der Waals surface area (Å²) in [5.41, 5.74) is 2.07. The van der Waals surface area contributed by atoms with Gasteiger partial charge in [-0.2, -0.15) is 4.72 Å². The van der Waals surface area contributed by atoms with Crippen molar-refractivity contribution < 1.29 is 27.2 Å². The van der Waals surface area contributed by atoms with Crippen LogP contribution in [-0.4, -0.2) is 56.0 Å². The van der Waals surface area contributed by atoms with Gasteiger partial charge in [-0.3, -0.25) is 9.78 Å². The van der Waals surface area contributed by atoms with E-state index < -0.39 is 22.2 Å². The number of hydrogen-bond acceptors (Lipinski definition) is 8. The SMILES string of the molecule is CC(C)CN(CC(C)C)C(=O)[C@H](CCNC(=O)OCc1cncs1)NS(=O)(=O)c1ccc2ccoc2c1. The second kappa shape index (κ2) is 13.0. The summed E-state index contributed by atoms with van der Waals surface area (Å²) in [7, 11) is -4.06. The summed E-state index contributed by atoms with van der Waals surface area (Å²) in [5.74, 6) is 0.0483. The fourth-order valence-electron chi connectivity index (χ4n) is 3.77. The number of aromatic nitrogens is 1. The molecule has 2 heterocycles. The topological polar surface area (TPSA) is 131 Å². The molecule has 0 saturated heterocycles. The number of rotatable bonds is 13. The van der Waals surface area contributed by atoms with Crippen LogP contribution in [0.3, 0.4) is 0 Å². The molecule has 202 valence electrons. The number of benzene rings is 1. The lowest BCUT2D eigenvalue weighted by atomic mass is 10.1. The van der Waals surface area contributed by atoms with E-state index in [2.05, 4.69) is 15.0 Å². The number of amides is 2. The van der Waals surface area contributed by atoms with Gasteiger partial charge in [-0.25, -0.2) is 13.2 Å². The van der Waals surface area contributed by atoms with E-state index in [9.17, 15) is 18.0 Å². The highest BCUT2D eigenvalue weighted by atomic mass is 32.2. The first-order valence-electron chi connectivity index (χ1n) is 12.1. The second-order valence-electron chi connectivity index (χ2n) is 9.58. The Hall–Kier alpha value is -2.96. The Balaban J connectivity index is 1.74. The van der Waals surface area contributed by atoms with Crippen LogP contribution in [0.4, 0.5) is 4.79 Å². The van der Waals surface area contributed by atoms with Crippen molar-refractivity contribution in [3.8, 4) is 0 Å². The molecule has 0 aliphatic heterocycles. The molecule has 0 unspecified atom stereocenters. The predicted octanol–water partition coefficient (Wildman–Crippen LogP) is 3.99. The Bertz CT molecular complexity index is 1260. The molecule has 0 saturated carbocycles.